The predicted octanol–water partition coefficient (Wildman–Crippen LogP) is 3.84. The van der Waals surface area contributed by atoms with E-state index in [1.807, 2.05) is 30.3 Å². The summed E-state index contributed by atoms with van der Waals surface area (Å²) in [6.45, 7) is 0. The number of nitrogens with one attached hydrogen (secondary N) is 2. The monoisotopic (exact) mass is 381 g/mol. The molecule has 0 aliphatic rings. The summed E-state index contributed by atoms with van der Waals surface area (Å²) in [7, 11) is 1.73. The summed E-state index contributed by atoms with van der Waals surface area (Å²) >= 11 is 5.98. The number of aromatic amines is 1. The molecule has 0 radical (unpaired) electrons. The topological polar surface area (TPSA) is 100 Å². The zero-order valence-corrected chi connectivity index (χ0v) is 15.1. The molecule has 2 heterocycles. The second kappa shape index (κ2) is 6.69. The van der Waals surface area contributed by atoms with Crippen LogP contribution in [0.3, 0.4) is 0 Å². The lowest BCUT2D eigenvalue weighted by atomic mass is 10.1. The fourth-order valence-corrected chi connectivity index (χ4v) is 2.94. The molecule has 0 saturated carbocycles. The maximum atomic E-state index is 12.5. The van der Waals surface area contributed by atoms with Crippen molar-refractivity contribution in [3.63, 3.8) is 0 Å². The Hall–Kier alpha value is -3.45. The number of amides is 1. The van der Waals surface area contributed by atoms with Gasteiger partial charge >= 0.3 is 5.91 Å². The highest BCUT2D eigenvalue weighted by atomic mass is 35.5. The Labute approximate surface area is 159 Å². The number of nitrogens with zero attached hydrogens (tertiary/aromatic N) is 2. The maximum absolute atomic E-state index is 12.5. The van der Waals surface area contributed by atoms with E-state index in [0.29, 0.717) is 16.6 Å². The number of carbonyl (C=O) groups excluding carboxylic acids is 1. The van der Waals surface area contributed by atoms with Gasteiger partial charge in [0.15, 0.2) is 11.6 Å². The van der Waals surface area contributed by atoms with Crippen molar-refractivity contribution in [2.45, 2.75) is 0 Å². The molecule has 0 atom stereocenters. The fourth-order valence-electron chi connectivity index (χ4n) is 2.76. The van der Waals surface area contributed by atoms with Crippen molar-refractivity contribution < 1.29 is 9.21 Å². The summed E-state index contributed by atoms with van der Waals surface area (Å²) in [4.78, 5) is 12.5. The smallest absolute Gasteiger partial charge is 0.305 e. The number of H-pyrrole nitrogens is 1. The van der Waals surface area contributed by atoms with Gasteiger partial charge in [-0.3, -0.25) is 20.3 Å². The number of carbonyl (C=O) groups is 1. The van der Waals surface area contributed by atoms with Crippen molar-refractivity contribution in [3.05, 3.63) is 65.4 Å². The average Bonchev–Trinajstić information content (AvgIpc) is 3.29. The third kappa shape index (κ3) is 3.32. The van der Waals surface area contributed by atoms with Gasteiger partial charge in [0, 0.05) is 23.0 Å². The lowest BCUT2D eigenvalue weighted by Gasteiger charge is -2.19. The lowest BCUT2D eigenvalue weighted by Crippen LogP contribution is -2.39. The normalized spacial score (nSPS) is 10.9. The number of furan rings is 1. The molecule has 0 unspecified atom stereocenters. The van der Waals surface area contributed by atoms with Gasteiger partial charge in [-0.2, -0.15) is 5.10 Å². The Kier molecular flexibility index (Phi) is 4.21. The first-order valence-electron chi connectivity index (χ1n) is 8.15. The summed E-state index contributed by atoms with van der Waals surface area (Å²) in [6.07, 6.45) is 0. The van der Waals surface area contributed by atoms with Crippen LogP contribution in [0.5, 0.6) is 0 Å². The minimum absolute atomic E-state index is 0.194. The van der Waals surface area contributed by atoms with Crippen LogP contribution < -0.4 is 16.2 Å². The van der Waals surface area contributed by atoms with Crippen molar-refractivity contribution in [2.24, 2.45) is 0 Å². The zero-order chi connectivity index (χ0) is 19.0. The molecule has 4 rings (SSSR count). The molecule has 0 fully saturated rings. The Morgan fingerprint density at radius 3 is 2.89 bits per heavy atom. The summed E-state index contributed by atoms with van der Waals surface area (Å²) < 4.78 is 5.72. The Balaban J connectivity index is 1.54. The van der Waals surface area contributed by atoms with Gasteiger partial charge in [0.2, 0.25) is 0 Å². The standard InChI is InChI=1S/C19H16ClN5O2/c1-25(13-4-2-3-12(20)10-13)24-19(26)17-8-7-16(27-17)11-5-6-15-14(9-11)18(21)23-22-15/h2-10H,1H3,(H,24,26)(H3,21,22,23). The second-order valence-corrected chi connectivity index (χ2v) is 6.45. The van der Waals surface area contributed by atoms with Crippen LogP contribution in [-0.2, 0) is 0 Å². The van der Waals surface area contributed by atoms with Crippen LogP contribution in [0.25, 0.3) is 22.2 Å². The van der Waals surface area contributed by atoms with E-state index in [9.17, 15) is 4.79 Å². The molecule has 2 aromatic heterocycles. The van der Waals surface area contributed by atoms with Gasteiger partial charge < -0.3 is 10.2 Å². The molecule has 0 aliphatic heterocycles. The molecule has 0 bridgehead atoms. The Morgan fingerprint density at radius 2 is 2.07 bits per heavy atom. The van der Waals surface area contributed by atoms with Gasteiger partial charge in [-0.1, -0.05) is 17.7 Å². The maximum Gasteiger partial charge on any atom is 0.305 e. The van der Waals surface area contributed by atoms with Gasteiger partial charge in [-0.05, 0) is 48.5 Å². The van der Waals surface area contributed by atoms with Crippen LogP contribution in [-0.4, -0.2) is 23.2 Å². The molecule has 27 heavy (non-hydrogen) atoms. The molecular weight excluding hydrogens is 366 g/mol. The van der Waals surface area contributed by atoms with Crippen LogP contribution in [0.2, 0.25) is 5.02 Å². The zero-order valence-electron chi connectivity index (χ0n) is 14.4. The number of hydrazine groups is 1. The molecule has 0 spiro atoms. The number of benzene rings is 2. The SMILES string of the molecule is CN(NC(=O)c1ccc(-c2ccc3[nH]nc(N)c3c2)o1)c1cccc(Cl)c1. The van der Waals surface area contributed by atoms with Gasteiger partial charge in [0.05, 0.1) is 11.2 Å². The molecule has 2 aromatic carbocycles. The number of rotatable bonds is 4. The van der Waals surface area contributed by atoms with Crippen LogP contribution in [0.1, 0.15) is 10.6 Å². The number of anilines is 2. The van der Waals surface area contributed by atoms with Crippen LogP contribution in [0.4, 0.5) is 11.5 Å². The third-order valence-corrected chi connectivity index (χ3v) is 4.41. The minimum Gasteiger partial charge on any atom is -0.451 e. The number of hydrogen-bond acceptors (Lipinski definition) is 5. The largest absolute Gasteiger partial charge is 0.451 e. The summed E-state index contributed by atoms with van der Waals surface area (Å²) in [5, 5.41) is 9.79. The van der Waals surface area contributed by atoms with E-state index in [1.54, 1.807) is 36.3 Å². The number of halogens is 1. The fraction of sp³-hybridized carbons (Fsp3) is 0.0526. The van der Waals surface area contributed by atoms with E-state index in [4.69, 9.17) is 21.8 Å². The van der Waals surface area contributed by atoms with E-state index in [1.165, 1.54) is 0 Å². The van der Waals surface area contributed by atoms with Crippen molar-refractivity contribution >= 4 is 39.9 Å². The van der Waals surface area contributed by atoms with E-state index in [2.05, 4.69) is 15.6 Å². The van der Waals surface area contributed by atoms with Crippen LogP contribution >= 0.6 is 11.6 Å². The quantitative estimate of drug-likeness (QED) is 0.466. The lowest BCUT2D eigenvalue weighted by molar-refractivity contribution is 0.0924. The highest BCUT2D eigenvalue weighted by Crippen LogP contribution is 2.28. The van der Waals surface area contributed by atoms with Gasteiger partial charge in [0.1, 0.15) is 5.76 Å². The highest BCUT2D eigenvalue weighted by Gasteiger charge is 2.15. The molecule has 0 saturated heterocycles. The van der Waals surface area contributed by atoms with E-state index in [0.717, 1.165) is 22.2 Å². The highest BCUT2D eigenvalue weighted by molar-refractivity contribution is 6.30. The second-order valence-electron chi connectivity index (χ2n) is 6.01. The van der Waals surface area contributed by atoms with E-state index >= 15 is 0 Å². The third-order valence-electron chi connectivity index (χ3n) is 4.17. The van der Waals surface area contributed by atoms with Crippen molar-refractivity contribution in [2.75, 3.05) is 17.8 Å². The number of hydrogen-bond donors (Lipinski definition) is 3. The molecule has 8 heteroatoms. The Bertz CT molecular complexity index is 1130. The molecule has 4 aromatic rings. The minimum atomic E-state index is -0.368. The Morgan fingerprint density at radius 1 is 1.22 bits per heavy atom. The van der Waals surface area contributed by atoms with E-state index in [-0.39, 0.29) is 11.7 Å². The van der Waals surface area contributed by atoms with Crippen LogP contribution in [0.15, 0.2) is 59.0 Å². The summed E-state index contributed by atoms with van der Waals surface area (Å²) in [5.74, 6) is 0.805. The molecule has 0 aliphatic carbocycles. The number of nitrogens with two attached hydrogens (primary N) is 1. The summed E-state index contributed by atoms with van der Waals surface area (Å²) in [5.41, 5.74) is 11.0. The number of nitrogen functional groups attached to an aromatic ring is 1. The number of fused-ring (bicyclic) bond motifs is 1. The first-order chi connectivity index (χ1) is 13.0. The number of aromatic nitrogens is 2. The van der Waals surface area contributed by atoms with Gasteiger partial charge in [-0.15, -0.1) is 0 Å². The first kappa shape index (κ1) is 17.0. The van der Waals surface area contributed by atoms with Gasteiger partial charge in [0.25, 0.3) is 0 Å². The molecule has 4 N–H and O–H groups in total. The van der Waals surface area contributed by atoms with Crippen molar-refractivity contribution in [1.29, 1.82) is 0 Å². The predicted molar refractivity (Wildman–Crippen MR) is 106 cm³/mol. The van der Waals surface area contributed by atoms with Crippen LogP contribution in [0, 0.1) is 0 Å². The first-order valence-corrected chi connectivity index (χ1v) is 8.53. The van der Waals surface area contributed by atoms with E-state index < -0.39 is 0 Å². The molecule has 136 valence electrons. The van der Waals surface area contributed by atoms with Gasteiger partial charge in [-0.25, -0.2) is 0 Å². The van der Waals surface area contributed by atoms with Crippen molar-refractivity contribution in [1.82, 2.24) is 15.6 Å². The molecule has 7 nitrogen and oxygen atoms in total. The molecule has 1 amide bonds. The summed E-state index contributed by atoms with van der Waals surface area (Å²) in [6, 6.07) is 16.1. The average molecular weight is 382 g/mol. The van der Waals surface area contributed by atoms with Crippen molar-refractivity contribution in [3.8, 4) is 11.3 Å². The molecular formula is C19H16ClN5O2.